The van der Waals surface area contributed by atoms with Gasteiger partial charge in [-0.3, -0.25) is 0 Å². The van der Waals surface area contributed by atoms with Gasteiger partial charge in [0.2, 0.25) is 0 Å². The Balaban J connectivity index is 2.28. The largest absolute Gasteiger partial charge is 0.383 e. The van der Waals surface area contributed by atoms with E-state index in [1.54, 1.807) is 18.2 Å². The van der Waals surface area contributed by atoms with Crippen molar-refractivity contribution >= 4 is 38.6 Å². The van der Waals surface area contributed by atoms with Crippen LogP contribution >= 0.6 is 22.9 Å². The Hall–Kier alpha value is -1.15. The summed E-state index contributed by atoms with van der Waals surface area (Å²) in [5, 5.41) is 3.06. The number of aromatic nitrogens is 1. The van der Waals surface area contributed by atoms with Gasteiger partial charge in [0.25, 0.3) is 10.0 Å². The number of rotatable bonds is 6. The van der Waals surface area contributed by atoms with Gasteiger partial charge in [0.1, 0.15) is 0 Å². The number of hydrogen-bond donors (Lipinski definition) is 1. The molecule has 0 aliphatic rings. The minimum Gasteiger partial charge on any atom is -0.383 e. The average Bonchev–Trinajstić information content (AvgIpc) is 2.85. The summed E-state index contributed by atoms with van der Waals surface area (Å²) in [6.45, 7) is 2.79. The summed E-state index contributed by atoms with van der Waals surface area (Å²) in [5.74, 6) is 0. The van der Waals surface area contributed by atoms with Gasteiger partial charge >= 0.3 is 0 Å². The first-order chi connectivity index (χ1) is 9.95. The number of pyridine rings is 1. The lowest BCUT2D eigenvalue weighted by molar-refractivity contribution is 0.467. The smallest absolute Gasteiger partial charge is 0.262 e. The van der Waals surface area contributed by atoms with Crippen LogP contribution in [0.4, 0.5) is 5.69 Å². The number of nitrogens with zero attached hydrogens (tertiary/aromatic N) is 2. The van der Waals surface area contributed by atoms with E-state index in [0.717, 1.165) is 4.88 Å². The monoisotopic (exact) mass is 345 g/mol. The SMILES string of the molecule is CCNc1cccnc1S(=O)(=O)N(C)Cc1ccc(Cl)s1. The number of nitrogens with one attached hydrogen (secondary N) is 1. The molecule has 0 atom stereocenters. The predicted octanol–water partition coefficient (Wildman–Crippen LogP) is 3.05. The fourth-order valence-electron chi connectivity index (χ4n) is 1.81. The van der Waals surface area contributed by atoms with Crippen LogP contribution in [0.15, 0.2) is 35.5 Å². The molecule has 0 bridgehead atoms. The molecule has 0 aliphatic heterocycles. The van der Waals surface area contributed by atoms with E-state index in [1.165, 1.54) is 28.9 Å². The summed E-state index contributed by atoms with van der Waals surface area (Å²) in [4.78, 5) is 4.90. The normalized spacial score (nSPS) is 11.8. The number of thiophene rings is 1. The van der Waals surface area contributed by atoms with E-state index >= 15 is 0 Å². The Bertz CT molecular complexity index is 716. The Morgan fingerprint density at radius 1 is 1.38 bits per heavy atom. The van der Waals surface area contributed by atoms with Crippen molar-refractivity contribution in [2.24, 2.45) is 0 Å². The van der Waals surface area contributed by atoms with Crippen molar-refractivity contribution in [2.45, 2.75) is 18.5 Å². The van der Waals surface area contributed by atoms with Gasteiger partial charge in [0.05, 0.1) is 10.0 Å². The molecule has 2 aromatic heterocycles. The van der Waals surface area contributed by atoms with Gasteiger partial charge in [-0.25, -0.2) is 13.4 Å². The summed E-state index contributed by atoms with van der Waals surface area (Å²) in [6.07, 6.45) is 1.48. The van der Waals surface area contributed by atoms with Crippen LogP contribution in [0, 0.1) is 0 Å². The third-order valence-corrected chi connectivity index (χ3v) is 5.78. The average molecular weight is 346 g/mol. The molecule has 0 spiro atoms. The lowest BCUT2D eigenvalue weighted by atomic mass is 10.4. The second-order valence-electron chi connectivity index (χ2n) is 4.35. The molecule has 0 aromatic carbocycles. The zero-order valence-corrected chi connectivity index (χ0v) is 14.1. The molecule has 0 saturated carbocycles. The highest BCUT2D eigenvalue weighted by atomic mass is 35.5. The predicted molar refractivity (Wildman–Crippen MR) is 86.4 cm³/mol. The molecule has 0 aliphatic carbocycles. The second-order valence-corrected chi connectivity index (χ2v) is 8.11. The quantitative estimate of drug-likeness (QED) is 0.874. The first kappa shape index (κ1) is 16.2. The third-order valence-electron chi connectivity index (χ3n) is 2.80. The molecule has 0 radical (unpaired) electrons. The van der Waals surface area contributed by atoms with Gasteiger partial charge in [-0.05, 0) is 31.2 Å². The fourth-order valence-corrected chi connectivity index (χ4v) is 4.25. The van der Waals surface area contributed by atoms with E-state index in [4.69, 9.17) is 11.6 Å². The number of hydrogen-bond acceptors (Lipinski definition) is 5. The minimum atomic E-state index is -3.66. The van der Waals surface area contributed by atoms with Crippen LogP contribution in [0.2, 0.25) is 4.34 Å². The first-order valence-corrected chi connectivity index (χ1v) is 8.98. The number of sulfonamides is 1. The molecular formula is C13H16ClN3O2S2. The van der Waals surface area contributed by atoms with Crippen LogP contribution in [0.25, 0.3) is 0 Å². The van der Waals surface area contributed by atoms with Crippen LogP contribution in [-0.2, 0) is 16.6 Å². The van der Waals surface area contributed by atoms with Crippen LogP contribution in [0.3, 0.4) is 0 Å². The lowest BCUT2D eigenvalue weighted by Crippen LogP contribution is -2.27. The van der Waals surface area contributed by atoms with Gasteiger partial charge in [-0.2, -0.15) is 4.31 Å². The van der Waals surface area contributed by atoms with Crippen molar-refractivity contribution in [2.75, 3.05) is 18.9 Å². The molecule has 0 unspecified atom stereocenters. The Morgan fingerprint density at radius 2 is 2.14 bits per heavy atom. The van der Waals surface area contributed by atoms with Crippen molar-refractivity contribution in [3.8, 4) is 0 Å². The van der Waals surface area contributed by atoms with Crippen LogP contribution < -0.4 is 5.32 Å². The molecular weight excluding hydrogens is 330 g/mol. The van der Waals surface area contributed by atoms with Crippen molar-refractivity contribution in [1.29, 1.82) is 0 Å². The number of anilines is 1. The van der Waals surface area contributed by atoms with E-state index in [-0.39, 0.29) is 11.6 Å². The Morgan fingerprint density at radius 3 is 2.76 bits per heavy atom. The van der Waals surface area contributed by atoms with Gasteiger partial charge in [0.15, 0.2) is 5.03 Å². The Kier molecular flexibility index (Phi) is 5.21. The first-order valence-electron chi connectivity index (χ1n) is 6.34. The van der Waals surface area contributed by atoms with Crippen molar-refractivity contribution in [1.82, 2.24) is 9.29 Å². The standard InChI is InChI=1S/C13H16ClN3O2S2/c1-3-15-11-5-4-8-16-13(11)21(18,19)17(2)9-10-6-7-12(14)20-10/h4-8,15H,3,9H2,1-2H3. The molecule has 2 rings (SSSR count). The minimum absolute atomic E-state index is 0.0389. The molecule has 2 heterocycles. The molecule has 0 amide bonds. The van der Waals surface area contributed by atoms with Crippen molar-refractivity contribution in [3.63, 3.8) is 0 Å². The van der Waals surface area contributed by atoms with Crippen molar-refractivity contribution < 1.29 is 8.42 Å². The molecule has 5 nitrogen and oxygen atoms in total. The van der Waals surface area contributed by atoms with Gasteiger partial charge in [-0.15, -0.1) is 11.3 Å². The molecule has 1 N–H and O–H groups in total. The fraction of sp³-hybridized carbons (Fsp3) is 0.308. The lowest BCUT2D eigenvalue weighted by Gasteiger charge is -2.18. The van der Waals surface area contributed by atoms with E-state index in [1.807, 2.05) is 13.0 Å². The summed E-state index contributed by atoms with van der Waals surface area (Å²) in [5.41, 5.74) is 0.510. The van der Waals surface area contributed by atoms with Crippen molar-refractivity contribution in [3.05, 3.63) is 39.7 Å². The molecule has 2 aromatic rings. The zero-order valence-electron chi connectivity index (χ0n) is 11.7. The van der Waals surface area contributed by atoms with Crippen LogP contribution in [0.5, 0.6) is 0 Å². The summed E-state index contributed by atoms with van der Waals surface area (Å²) in [6, 6.07) is 6.99. The van der Waals surface area contributed by atoms with E-state index < -0.39 is 10.0 Å². The highest BCUT2D eigenvalue weighted by Crippen LogP contribution is 2.26. The van der Waals surface area contributed by atoms with E-state index in [0.29, 0.717) is 16.6 Å². The molecule has 8 heteroatoms. The maximum absolute atomic E-state index is 12.6. The topological polar surface area (TPSA) is 62.3 Å². The maximum Gasteiger partial charge on any atom is 0.262 e. The highest BCUT2D eigenvalue weighted by Gasteiger charge is 2.25. The van der Waals surface area contributed by atoms with Gasteiger partial charge in [-0.1, -0.05) is 11.6 Å². The molecule has 0 saturated heterocycles. The molecule has 0 fully saturated rings. The van der Waals surface area contributed by atoms with Crippen LogP contribution in [0.1, 0.15) is 11.8 Å². The van der Waals surface area contributed by atoms with Gasteiger partial charge in [0, 0.05) is 31.2 Å². The maximum atomic E-state index is 12.6. The van der Waals surface area contributed by atoms with E-state index in [2.05, 4.69) is 10.3 Å². The number of halogens is 1. The summed E-state index contributed by atoms with van der Waals surface area (Å²) < 4.78 is 27.2. The molecule has 21 heavy (non-hydrogen) atoms. The zero-order chi connectivity index (χ0) is 15.5. The second kappa shape index (κ2) is 6.74. The third kappa shape index (κ3) is 3.74. The summed E-state index contributed by atoms with van der Waals surface area (Å²) >= 11 is 7.23. The molecule has 114 valence electrons. The summed E-state index contributed by atoms with van der Waals surface area (Å²) in [7, 11) is -2.12. The highest BCUT2D eigenvalue weighted by molar-refractivity contribution is 7.89. The van der Waals surface area contributed by atoms with E-state index in [9.17, 15) is 8.42 Å². The van der Waals surface area contributed by atoms with Gasteiger partial charge < -0.3 is 5.32 Å². The van der Waals surface area contributed by atoms with Crippen LogP contribution in [-0.4, -0.2) is 31.3 Å². The Labute approximate surface area is 133 Å².